The second-order valence-corrected chi connectivity index (χ2v) is 8.46. The van der Waals surface area contributed by atoms with Crippen molar-refractivity contribution in [3.05, 3.63) is 89.5 Å². The van der Waals surface area contributed by atoms with Crippen LogP contribution in [0.2, 0.25) is 0 Å². The van der Waals surface area contributed by atoms with Gasteiger partial charge in [0.05, 0.1) is 0 Å². The first kappa shape index (κ1) is 19.6. The summed E-state index contributed by atoms with van der Waals surface area (Å²) in [5.41, 5.74) is 6.94. The molecular formula is C28H22N2O3. The molecule has 1 aliphatic carbocycles. The molecule has 0 saturated carbocycles. The summed E-state index contributed by atoms with van der Waals surface area (Å²) in [4.78, 5) is 17.1. The fourth-order valence-corrected chi connectivity index (χ4v) is 4.53. The number of anilines is 1. The average Bonchev–Trinajstić information content (AvgIpc) is 3.44. The quantitative estimate of drug-likeness (QED) is 0.364. The third kappa shape index (κ3) is 3.61. The number of amides is 1. The van der Waals surface area contributed by atoms with Crippen LogP contribution in [0.4, 0.5) is 5.69 Å². The molecule has 0 radical (unpaired) electrons. The third-order valence-electron chi connectivity index (χ3n) is 6.17. The van der Waals surface area contributed by atoms with Gasteiger partial charge in [-0.25, -0.2) is 4.98 Å². The Morgan fingerprint density at radius 1 is 1.00 bits per heavy atom. The number of fused-ring (bicyclic) bond motifs is 1. The molecule has 1 aliphatic rings. The van der Waals surface area contributed by atoms with Gasteiger partial charge in [-0.15, -0.1) is 0 Å². The van der Waals surface area contributed by atoms with Gasteiger partial charge < -0.3 is 14.5 Å². The minimum atomic E-state index is -0.230. The summed E-state index contributed by atoms with van der Waals surface area (Å²) in [6.45, 7) is 1.94. The van der Waals surface area contributed by atoms with Crippen LogP contribution < -0.4 is 10.1 Å². The molecular weight excluding hydrogens is 412 g/mol. The Balaban J connectivity index is 1.24. The van der Waals surface area contributed by atoms with Gasteiger partial charge in [-0.3, -0.25) is 4.79 Å². The lowest BCUT2D eigenvalue weighted by Gasteiger charge is -2.07. The molecule has 5 heteroatoms. The lowest BCUT2D eigenvalue weighted by atomic mass is 10.00. The highest BCUT2D eigenvalue weighted by molar-refractivity contribution is 6.01. The third-order valence-corrected chi connectivity index (χ3v) is 6.17. The molecule has 1 aromatic heterocycles. The summed E-state index contributed by atoms with van der Waals surface area (Å²) in [5.74, 6) is 1.02. The molecule has 6 rings (SSSR count). The van der Waals surface area contributed by atoms with Crippen molar-refractivity contribution >= 4 is 33.5 Å². The van der Waals surface area contributed by atoms with Crippen LogP contribution in [-0.4, -0.2) is 17.5 Å². The van der Waals surface area contributed by atoms with Crippen molar-refractivity contribution in [2.45, 2.75) is 19.8 Å². The van der Waals surface area contributed by atoms with E-state index in [1.807, 2.05) is 49.4 Å². The van der Waals surface area contributed by atoms with E-state index in [-0.39, 0.29) is 12.5 Å². The van der Waals surface area contributed by atoms with Crippen LogP contribution in [0.3, 0.4) is 0 Å². The van der Waals surface area contributed by atoms with E-state index in [4.69, 9.17) is 14.1 Å². The molecule has 1 amide bonds. The van der Waals surface area contributed by atoms with Crippen LogP contribution in [0.5, 0.6) is 5.75 Å². The summed E-state index contributed by atoms with van der Waals surface area (Å²) in [7, 11) is 0. The second kappa shape index (κ2) is 7.78. The molecule has 0 fully saturated rings. The Kier molecular flexibility index (Phi) is 4.61. The highest BCUT2D eigenvalue weighted by atomic mass is 16.5. The highest BCUT2D eigenvalue weighted by Gasteiger charge is 2.19. The highest BCUT2D eigenvalue weighted by Crippen LogP contribution is 2.37. The predicted octanol–water partition coefficient (Wildman–Crippen LogP) is 6.07. The number of rotatable bonds is 5. The zero-order chi connectivity index (χ0) is 22.4. The smallest absolute Gasteiger partial charge is 0.262 e. The number of oxazole rings is 1. The first-order chi connectivity index (χ1) is 16.1. The molecule has 0 bridgehead atoms. The van der Waals surface area contributed by atoms with Crippen molar-refractivity contribution in [1.29, 1.82) is 0 Å². The van der Waals surface area contributed by atoms with Crippen LogP contribution in [0, 0.1) is 6.92 Å². The summed E-state index contributed by atoms with van der Waals surface area (Å²) < 4.78 is 11.7. The molecule has 0 spiro atoms. The van der Waals surface area contributed by atoms with E-state index in [1.165, 1.54) is 21.9 Å². The molecule has 1 heterocycles. The van der Waals surface area contributed by atoms with Crippen molar-refractivity contribution in [2.75, 3.05) is 11.9 Å². The summed E-state index contributed by atoms with van der Waals surface area (Å²) in [6.07, 6.45) is 2.17. The minimum absolute atomic E-state index is 0.0637. The van der Waals surface area contributed by atoms with E-state index in [9.17, 15) is 4.79 Å². The molecule has 5 aromatic rings. The van der Waals surface area contributed by atoms with Crippen molar-refractivity contribution in [3.63, 3.8) is 0 Å². The summed E-state index contributed by atoms with van der Waals surface area (Å²) >= 11 is 0. The van der Waals surface area contributed by atoms with E-state index in [0.717, 1.165) is 24.0 Å². The van der Waals surface area contributed by atoms with Crippen molar-refractivity contribution in [3.8, 4) is 17.2 Å². The second-order valence-electron chi connectivity index (χ2n) is 8.46. The Morgan fingerprint density at radius 2 is 1.82 bits per heavy atom. The van der Waals surface area contributed by atoms with Crippen LogP contribution >= 0.6 is 0 Å². The number of hydrogen-bond donors (Lipinski definition) is 1. The number of nitrogens with zero attached hydrogens (tertiary/aromatic N) is 1. The maximum atomic E-state index is 12.4. The molecule has 0 aliphatic heterocycles. The van der Waals surface area contributed by atoms with Gasteiger partial charge in [-0.2, -0.15) is 0 Å². The van der Waals surface area contributed by atoms with Crippen LogP contribution in [0.1, 0.15) is 16.7 Å². The molecule has 0 atom stereocenters. The molecule has 5 nitrogen and oxygen atoms in total. The maximum Gasteiger partial charge on any atom is 0.262 e. The number of carbonyl (C=O) groups excluding carboxylic acids is 1. The zero-order valence-electron chi connectivity index (χ0n) is 18.2. The fourth-order valence-electron chi connectivity index (χ4n) is 4.53. The first-order valence-electron chi connectivity index (χ1n) is 11.1. The number of carbonyl (C=O) groups is 1. The van der Waals surface area contributed by atoms with Gasteiger partial charge in [-0.05, 0) is 78.1 Å². The van der Waals surface area contributed by atoms with Gasteiger partial charge in [-0.1, -0.05) is 42.0 Å². The van der Waals surface area contributed by atoms with E-state index < -0.39 is 0 Å². The van der Waals surface area contributed by atoms with Gasteiger partial charge >= 0.3 is 0 Å². The predicted molar refractivity (Wildman–Crippen MR) is 130 cm³/mol. The van der Waals surface area contributed by atoms with Gasteiger partial charge in [0.2, 0.25) is 5.89 Å². The normalized spacial score (nSPS) is 12.4. The minimum Gasteiger partial charge on any atom is -0.484 e. The molecule has 33 heavy (non-hydrogen) atoms. The Morgan fingerprint density at radius 3 is 2.67 bits per heavy atom. The largest absolute Gasteiger partial charge is 0.484 e. The van der Waals surface area contributed by atoms with Crippen LogP contribution in [0.25, 0.3) is 33.3 Å². The maximum absolute atomic E-state index is 12.4. The summed E-state index contributed by atoms with van der Waals surface area (Å²) in [5, 5.41) is 5.38. The fraction of sp³-hybridized carbons (Fsp3) is 0.143. The number of nitrogens with one attached hydrogen (secondary N) is 1. The number of ether oxygens (including phenoxy) is 1. The average molecular weight is 434 g/mol. The van der Waals surface area contributed by atoms with E-state index in [2.05, 4.69) is 35.6 Å². The standard InChI is InChI=1S/C28H22N2O3/c1-17-5-11-21(12-6-17)32-16-26(31)29-20-10-14-25-24(15-20)30-28(33-25)23-13-9-19-8-7-18-3-2-4-22(23)27(18)19/h2-6,9-15H,7-8,16H2,1H3,(H,29,31). The molecule has 0 unspecified atom stereocenters. The van der Waals surface area contributed by atoms with Gasteiger partial charge in [0.25, 0.3) is 5.91 Å². The van der Waals surface area contributed by atoms with Gasteiger partial charge in [0.1, 0.15) is 11.3 Å². The Bertz CT molecular complexity index is 1510. The number of aromatic nitrogens is 1. The van der Waals surface area contributed by atoms with Crippen molar-refractivity contribution < 1.29 is 13.9 Å². The zero-order valence-corrected chi connectivity index (χ0v) is 18.2. The van der Waals surface area contributed by atoms with E-state index >= 15 is 0 Å². The topological polar surface area (TPSA) is 64.4 Å². The molecule has 4 aromatic carbocycles. The molecule has 0 saturated heterocycles. The van der Waals surface area contributed by atoms with Crippen molar-refractivity contribution in [1.82, 2.24) is 4.98 Å². The lowest BCUT2D eigenvalue weighted by molar-refractivity contribution is -0.118. The van der Waals surface area contributed by atoms with E-state index in [0.29, 0.717) is 28.4 Å². The molecule has 1 N–H and O–H groups in total. The summed E-state index contributed by atoms with van der Waals surface area (Å²) in [6, 6.07) is 23.8. The van der Waals surface area contributed by atoms with Crippen LogP contribution in [-0.2, 0) is 17.6 Å². The van der Waals surface area contributed by atoms with Gasteiger partial charge in [0.15, 0.2) is 12.2 Å². The molecule has 162 valence electrons. The Hall–Kier alpha value is -4.12. The lowest BCUT2D eigenvalue weighted by Crippen LogP contribution is -2.20. The monoisotopic (exact) mass is 434 g/mol. The number of aryl methyl sites for hydroxylation is 3. The van der Waals surface area contributed by atoms with Crippen LogP contribution in [0.15, 0.2) is 77.2 Å². The Labute approximate surface area is 191 Å². The SMILES string of the molecule is Cc1ccc(OCC(=O)Nc2ccc3oc(-c4ccc5c6c(cccc46)CC5)nc3c2)cc1. The van der Waals surface area contributed by atoms with E-state index in [1.54, 1.807) is 0 Å². The number of hydrogen-bond acceptors (Lipinski definition) is 4. The van der Waals surface area contributed by atoms with Crippen molar-refractivity contribution in [2.24, 2.45) is 0 Å². The van der Waals surface area contributed by atoms with Gasteiger partial charge in [0, 0.05) is 11.3 Å². The number of benzene rings is 4. The first-order valence-corrected chi connectivity index (χ1v) is 11.1.